The first-order valence-corrected chi connectivity index (χ1v) is 12.6. The molecule has 2 amide bonds. The van der Waals surface area contributed by atoms with E-state index in [0.717, 1.165) is 12.2 Å². The predicted molar refractivity (Wildman–Crippen MR) is 132 cm³/mol. The highest BCUT2D eigenvalue weighted by Gasteiger charge is 2.34. The number of carbonyl (C=O) groups is 3. The van der Waals surface area contributed by atoms with E-state index < -0.39 is 23.0 Å². The van der Waals surface area contributed by atoms with Crippen molar-refractivity contribution >= 4 is 29.5 Å². The monoisotopic (exact) mass is 474 g/mol. The summed E-state index contributed by atoms with van der Waals surface area (Å²) in [4.78, 5) is 36.3. The van der Waals surface area contributed by atoms with Crippen LogP contribution < -0.4 is 10.6 Å². The van der Waals surface area contributed by atoms with E-state index >= 15 is 0 Å². The third-order valence-electron chi connectivity index (χ3n) is 4.93. The first kappa shape index (κ1) is 30.7. The Hall–Kier alpha value is -1.28. The molecule has 0 saturated heterocycles. The van der Waals surface area contributed by atoms with Crippen LogP contribution in [0.1, 0.15) is 81.6 Å². The van der Waals surface area contributed by atoms with Crippen molar-refractivity contribution in [1.29, 1.82) is 0 Å². The highest BCUT2D eigenvalue weighted by atomic mass is 32.2. The average Bonchev–Trinajstić information content (AvgIpc) is 2.63. The maximum absolute atomic E-state index is 12.7. The Morgan fingerprint density at radius 3 is 2.06 bits per heavy atom. The van der Waals surface area contributed by atoms with Crippen LogP contribution in [0.4, 0.5) is 0 Å². The minimum Gasteiger partial charge on any atom is -0.480 e. The molecule has 0 aromatic heterocycles. The zero-order chi connectivity index (χ0) is 25.2. The molecule has 7 nitrogen and oxygen atoms in total. The Labute approximate surface area is 199 Å². The highest BCUT2D eigenvalue weighted by molar-refractivity contribution is 7.99. The number of carboxylic acids is 1. The number of ether oxygens (including phenoxy) is 1. The van der Waals surface area contributed by atoms with E-state index in [4.69, 9.17) is 4.74 Å². The summed E-state index contributed by atoms with van der Waals surface area (Å²) in [6.45, 7) is 18.4. The highest BCUT2D eigenvalue weighted by Crippen LogP contribution is 2.23. The Balaban J connectivity index is 4.56. The van der Waals surface area contributed by atoms with E-state index in [9.17, 15) is 19.5 Å². The van der Waals surface area contributed by atoms with Crippen LogP contribution in [0.2, 0.25) is 0 Å². The van der Waals surface area contributed by atoms with Crippen molar-refractivity contribution < 1.29 is 24.2 Å². The van der Waals surface area contributed by atoms with Crippen LogP contribution in [-0.2, 0) is 19.1 Å². The van der Waals surface area contributed by atoms with Gasteiger partial charge >= 0.3 is 5.97 Å². The molecular formula is C24H46N2O5S. The van der Waals surface area contributed by atoms with Gasteiger partial charge in [-0.05, 0) is 57.6 Å². The zero-order valence-corrected chi connectivity index (χ0v) is 22.4. The molecule has 0 aliphatic heterocycles. The summed E-state index contributed by atoms with van der Waals surface area (Å²) >= 11 is 1.52. The quantitative estimate of drug-likeness (QED) is 0.330. The van der Waals surface area contributed by atoms with Gasteiger partial charge in [0.25, 0.3) is 0 Å². The first-order chi connectivity index (χ1) is 14.4. The number of hydrogen-bond donors (Lipinski definition) is 3. The molecule has 0 unspecified atom stereocenters. The van der Waals surface area contributed by atoms with E-state index in [0.29, 0.717) is 31.1 Å². The third-order valence-corrected chi connectivity index (χ3v) is 6.40. The van der Waals surface area contributed by atoms with Gasteiger partial charge in [-0.25, -0.2) is 4.79 Å². The van der Waals surface area contributed by atoms with E-state index in [-0.39, 0.29) is 23.8 Å². The van der Waals surface area contributed by atoms with Crippen LogP contribution in [0.15, 0.2) is 0 Å². The molecule has 1 atom stereocenters. The Morgan fingerprint density at radius 2 is 1.56 bits per heavy atom. The molecule has 0 heterocycles. The summed E-state index contributed by atoms with van der Waals surface area (Å²) < 4.78 is 6.00. The van der Waals surface area contributed by atoms with Crippen molar-refractivity contribution in [2.75, 3.05) is 24.7 Å². The fourth-order valence-electron chi connectivity index (χ4n) is 2.54. The Bertz CT molecular complexity index is 612. The topological polar surface area (TPSA) is 105 Å². The minimum absolute atomic E-state index is 0.0329. The molecule has 0 bridgehead atoms. The molecule has 188 valence electrons. The summed E-state index contributed by atoms with van der Waals surface area (Å²) in [6.07, 6.45) is 1.93. The van der Waals surface area contributed by atoms with Crippen LogP contribution in [0.5, 0.6) is 0 Å². The maximum atomic E-state index is 12.7. The minimum atomic E-state index is -1.03. The van der Waals surface area contributed by atoms with E-state index in [1.807, 2.05) is 13.8 Å². The van der Waals surface area contributed by atoms with E-state index in [1.165, 1.54) is 11.8 Å². The molecule has 0 radical (unpaired) electrons. The number of carbonyl (C=O) groups excluding carboxylic acids is 2. The molecular weight excluding hydrogens is 428 g/mol. The normalized spacial score (nSPS) is 13.7. The van der Waals surface area contributed by atoms with Gasteiger partial charge in [0.15, 0.2) is 0 Å². The van der Waals surface area contributed by atoms with Crippen molar-refractivity contribution in [3.05, 3.63) is 0 Å². The lowest BCUT2D eigenvalue weighted by Crippen LogP contribution is -2.50. The van der Waals surface area contributed by atoms with Crippen LogP contribution in [0.25, 0.3) is 0 Å². The molecule has 0 aromatic rings. The molecule has 0 aliphatic rings. The van der Waals surface area contributed by atoms with Gasteiger partial charge in [0.05, 0.1) is 17.6 Å². The van der Waals surface area contributed by atoms with Gasteiger partial charge in [0.2, 0.25) is 11.8 Å². The summed E-state index contributed by atoms with van der Waals surface area (Å²) in [5.41, 5.74) is -1.30. The van der Waals surface area contributed by atoms with Gasteiger partial charge in [-0.3, -0.25) is 9.59 Å². The van der Waals surface area contributed by atoms with Crippen LogP contribution in [0, 0.1) is 16.7 Å². The SMILES string of the molecule is CC(C)CSC[C@H](NC(=O)C(C)(C)COC(C)(C)CCNC(=O)CCC(C)(C)C)C(=O)O. The molecule has 0 fully saturated rings. The van der Waals surface area contributed by atoms with Crippen molar-refractivity contribution in [2.45, 2.75) is 93.2 Å². The smallest absolute Gasteiger partial charge is 0.327 e. The molecule has 0 spiro atoms. The molecule has 32 heavy (non-hydrogen) atoms. The van der Waals surface area contributed by atoms with Gasteiger partial charge in [-0.1, -0.05) is 34.6 Å². The number of hydrogen-bond acceptors (Lipinski definition) is 5. The fraction of sp³-hybridized carbons (Fsp3) is 0.875. The summed E-state index contributed by atoms with van der Waals surface area (Å²) in [7, 11) is 0. The number of rotatable bonds is 15. The molecule has 8 heteroatoms. The van der Waals surface area contributed by atoms with Gasteiger partial charge < -0.3 is 20.5 Å². The van der Waals surface area contributed by atoms with Crippen molar-refractivity contribution in [3.8, 4) is 0 Å². The second kappa shape index (κ2) is 13.4. The number of aliphatic carboxylic acids is 1. The maximum Gasteiger partial charge on any atom is 0.327 e. The summed E-state index contributed by atoms with van der Waals surface area (Å²) in [6, 6.07) is -0.929. The molecule has 3 N–H and O–H groups in total. The standard InChI is InChI=1S/C24H46N2O5S/c1-17(2)14-32-15-18(20(28)29)26-21(30)23(6,7)16-31-24(8,9)12-13-25-19(27)10-11-22(3,4)5/h17-18H,10-16H2,1-9H3,(H,25,27)(H,26,30)(H,28,29)/t18-/m0/s1. The number of amides is 2. The van der Waals surface area contributed by atoms with Gasteiger partial charge in [0.1, 0.15) is 6.04 Å². The Kier molecular flexibility index (Phi) is 12.9. The lowest BCUT2D eigenvalue weighted by atomic mass is 9.90. The third kappa shape index (κ3) is 14.7. The number of thioether (sulfide) groups is 1. The first-order valence-electron chi connectivity index (χ1n) is 11.5. The van der Waals surface area contributed by atoms with Gasteiger partial charge in [-0.2, -0.15) is 11.8 Å². The summed E-state index contributed by atoms with van der Waals surface area (Å²) in [5, 5.41) is 15.0. The fourth-order valence-corrected chi connectivity index (χ4v) is 3.61. The van der Waals surface area contributed by atoms with E-state index in [2.05, 4.69) is 45.3 Å². The Morgan fingerprint density at radius 1 is 0.969 bits per heavy atom. The molecule has 0 saturated carbocycles. The molecule has 0 aromatic carbocycles. The van der Waals surface area contributed by atoms with Gasteiger partial charge in [0, 0.05) is 18.7 Å². The van der Waals surface area contributed by atoms with Gasteiger partial charge in [-0.15, -0.1) is 0 Å². The number of nitrogens with one attached hydrogen (secondary N) is 2. The summed E-state index contributed by atoms with van der Waals surface area (Å²) in [5.74, 6) is 0.283. The number of carboxylic acid groups (broad SMARTS) is 1. The van der Waals surface area contributed by atoms with Crippen molar-refractivity contribution in [2.24, 2.45) is 16.7 Å². The second-order valence-corrected chi connectivity index (χ2v) is 12.5. The second-order valence-electron chi connectivity index (χ2n) is 11.4. The lowest BCUT2D eigenvalue weighted by Gasteiger charge is -2.32. The van der Waals surface area contributed by atoms with Crippen LogP contribution in [0.3, 0.4) is 0 Å². The van der Waals surface area contributed by atoms with E-state index in [1.54, 1.807) is 13.8 Å². The average molecular weight is 475 g/mol. The van der Waals surface area contributed by atoms with Crippen molar-refractivity contribution in [3.63, 3.8) is 0 Å². The molecule has 0 rings (SSSR count). The lowest BCUT2D eigenvalue weighted by molar-refractivity contribution is -0.145. The molecule has 0 aliphatic carbocycles. The largest absolute Gasteiger partial charge is 0.480 e. The van der Waals surface area contributed by atoms with Crippen molar-refractivity contribution in [1.82, 2.24) is 10.6 Å². The zero-order valence-electron chi connectivity index (χ0n) is 21.6. The van der Waals surface area contributed by atoms with Crippen LogP contribution >= 0.6 is 11.8 Å². The van der Waals surface area contributed by atoms with Crippen LogP contribution in [-0.4, -0.2) is 59.2 Å². The predicted octanol–water partition coefficient (Wildman–Crippen LogP) is 4.10.